The van der Waals surface area contributed by atoms with Gasteiger partial charge in [0.05, 0.1) is 4.91 Å². The van der Waals surface area contributed by atoms with Gasteiger partial charge in [-0.2, -0.15) is 0 Å². The predicted molar refractivity (Wildman–Crippen MR) is 120 cm³/mol. The fourth-order valence-corrected chi connectivity index (χ4v) is 5.08. The van der Waals surface area contributed by atoms with Crippen molar-refractivity contribution in [1.82, 2.24) is 15.2 Å². The molecule has 1 fully saturated rings. The third-order valence-electron chi connectivity index (χ3n) is 5.85. The number of hydrogen-bond donors (Lipinski definition) is 2. The number of ether oxygens (including phenoxy) is 2. The Balaban J connectivity index is 1.22. The Hall–Kier alpha value is -3.53. The van der Waals surface area contributed by atoms with Crippen LogP contribution >= 0.6 is 11.8 Å². The number of carbonyl (C=O) groups is 4. The third kappa shape index (κ3) is 3.91. The van der Waals surface area contributed by atoms with Crippen molar-refractivity contribution in [3.63, 3.8) is 0 Å². The number of aryl methyl sites for hydroxylation is 1. The maximum Gasteiger partial charge on any atom is 0.293 e. The number of amides is 3. The Morgan fingerprint density at radius 2 is 2.03 bits per heavy atom. The molecule has 170 valence electrons. The quantitative estimate of drug-likeness (QED) is 0.649. The van der Waals surface area contributed by atoms with Crippen LogP contribution in [0.25, 0.3) is 6.08 Å². The fraction of sp³-hybridized carbons (Fsp3) is 0.304. The predicted octanol–water partition coefficient (Wildman–Crippen LogP) is 3.04. The summed E-state index contributed by atoms with van der Waals surface area (Å²) >= 11 is 0.856. The standard InChI is InChI=1S/C23H21N3O6S/c1-12-19-14(3-2-4-15(19)27)25-20(12)21(28)24-7-8-26-22(29)18(33-23(26)30)10-13-5-6-16-17(9-13)32-11-31-16/h5-6,9-10,25H,2-4,7-8,11H2,1H3,(H,24,28)/b18-10+. The van der Waals surface area contributed by atoms with E-state index in [0.717, 1.165) is 40.8 Å². The highest BCUT2D eigenvalue weighted by Gasteiger charge is 2.35. The van der Waals surface area contributed by atoms with E-state index in [1.54, 1.807) is 31.2 Å². The van der Waals surface area contributed by atoms with E-state index in [1.807, 2.05) is 0 Å². The second-order valence-corrected chi connectivity index (χ2v) is 8.95. The van der Waals surface area contributed by atoms with Gasteiger partial charge in [0, 0.05) is 30.8 Å². The average Bonchev–Trinajstić information content (AvgIpc) is 3.46. The highest BCUT2D eigenvalue weighted by atomic mass is 32.2. The van der Waals surface area contributed by atoms with Crippen LogP contribution in [0.15, 0.2) is 23.1 Å². The van der Waals surface area contributed by atoms with Crippen molar-refractivity contribution < 1.29 is 28.7 Å². The van der Waals surface area contributed by atoms with Crippen molar-refractivity contribution >= 4 is 40.7 Å². The van der Waals surface area contributed by atoms with Crippen molar-refractivity contribution in [1.29, 1.82) is 0 Å². The molecule has 0 saturated carbocycles. The maximum absolute atomic E-state index is 12.7. The van der Waals surface area contributed by atoms with Crippen LogP contribution < -0.4 is 14.8 Å². The molecule has 0 spiro atoms. The molecule has 0 radical (unpaired) electrons. The normalized spacial score (nSPS) is 18.3. The molecule has 3 heterocycles. The maximum atomic E-state index is 12.7. The molecule has 1 saturated heterocycles. The number of Topliss-reactive ketones (excluding diaryl/α,β-unsaturated/α-hetero) is 1. The smallest absolute Gasteiger partial charge is 0.293 e. The Bertz CT molecular complexity index is 1230. The van der Waals surface area contributed by atoms with Gasteiger partial charge < -0.3 is 19.8 Å². The number of ketones is 1. The Labute approximate surface area is 193 Å². The summed E-state index contributed by atoms with van der Waals surface area (Å²) in [4.78, 5) is 54.4. The topological polar surface area (TPSA) is 118 Å². The first-order chi connectivity index (χ1) is 15.9. The summed E-state index contributed by atoms with van der Waals surface area (Å²) < 4.78 is 10.6. The zero-order valence-electron chi connectivity index (χ0n) is 17.9. The van der Waals surface area contributed by atoms with E-state index < -0.39 is 11.1 Å². The van der Waals surface area contributed by atoms with Crippen LogP contribution in [0.1, 0.15) is 50.5 Å². The highest BCUT2D eigenvalue weighted by molar-refractivity contribution is 8.18. The summed E-state index contributed by atoms with van der Waals surface area (Å²) in [5, 5.41) is 2.35. The average molecular weight is 468 g/mol. The largest absolute Gasteiger partial charge is 0.454 e. The van der Waals surface area contributed by atoms with Gasteiger partial charge in [-0.1, -0.05) is 6.07 Å². The van der Waals surface area contributed by atoms with Gasteiger partial charge in [-0.05, 0) is 60.9 Å². The zero-order chi connectivity index (χ0) is 23.1. The lowest BCUT2D eigenvalue weighted by molar-refractivity contribution is -0.122. The van der Waals surface area contributed by atoms with E-state index in [0.29, 0.717) is 39.6 Å². The highest BCUT2D eigenvalue weighted by Crippen LogP contribution is 2.36. The van der Waals surface area contributed by atoms with E-state index in [9.17, 15) is 19.2 Å². The molecule has 3 aliphatic rings. The molecular formula is C23H21N3O6S. The molecular weight excluding hydrogens is 446 g/mol. The van der Waals surface area contributed by atoms with Crippen molar-refractivity contribution in [2.24, 2.45) is 0 Å². The molecule has 1 aromatic heterocycles. The first kappa shape index (κ1) is 21.3. The van der Waals surface area contributed by atoms with Gasteiger partial charge in [0.2, 0.25) is 6.79 Å². The van der Waals surface area contributed by atoms with Gasteiger partial charge in [0.25, 0.3) is 17.1 Å². The first-order valence-electron chi connectivity index (χ1n) is 10.6. The number of fused-ring (bicyclic) bond motifs is 2. The van der Waals surface area contributed by atoms with Crippen molar-refractivity contribution in [2.45, 2.75) is 26.2 Å². The minimum Gasteiger partial charge on any atom is -0.454 e. The number of aromatic nitrogens is 1. The van der Waals surface area contributed by atoms with Crippen LogP contribution in [0.4, 0.5) is 4.79 Å². The molecule has 2 aromatic rings. The van der Waals surface area contributed by atoms with Gasteiger partial charge in [-0.3, -0.25) is 24.1 Å². The molecule has 2 N–H and O–H groups in total. The number of benzene rings is 1. The van der Waals surface area contributed by atoms with Gasteiger partial charge in [-0.15, -0.1) is 0 Å². The number of carbonyl (C=O) groups excluding carboxylic acids is 4. The van der Waals surface area contributed by atoms with E-state index in [4.69, 9.17) is 9.47 Å². The number of rotatable bonds is 5. The Morgan fingerprint density at radius 3 is 2.85 bits per heavy atom. The lowest BCUT2D eigenvalue weighted by atomic mass is 9.94. The van der Waals surface area contributed by atoms with Crippen molar-refractivity contribution in [3.8, 4) is 11.5 Å². The molecule has 33 heavy (non-hydrogen) atoms. The van der Waals surface area contributed by atoms with Gasteiger partial charge >= 0.3 is 0 Å². The molecule has 2 aliphatic heterocycles. The van der Waals surface area contributed by atoms with Crippen LogP contribution in [0, 0.1) is 6.92 Å². The lowest BCUT2D eigenvalue weighted by Crippen LogP contribution is -2.37. The van der Waals surface area contributed by atoms with Crippen LogP contribution in [0.3, 0.4) is 0 Å². The molecule has 10 heteroatoms. The molecule has 1 aliphatic carbocycles. The summed E-state index contributed by atoms with van der Waals surface area (Å²) in [5.74, 6) is 0.509. The number of nitrogens with one attached hydrogen (secondary N) is 2. The number of H-pyrrole nitrogens is 1. The first-order valence-corrected chi connectivity index (χ1v) is 11.4. The van der Waals surface area contributed by atoms with Gasteiger partial charge in [0.1, 0.15) is 5.69 Å². The molecule has 5 rings (SSSR count). The van der Waals surface area contributed by atoms with E-state index >= 15 is 0 Å². The van der Waals surface area contributed by atoms with E-state index in [2.05, 4.69) is 10.3 Å². The molecule has 0 atom stereocenters. The van der Waals surface area contributed by atoms with Crippen LogP contribution in [0.5, 0.6) is 11.5 Å². The van der Waals surface area contributed by atoms with Gasteiger partial charge in [-0.25, -0.2) is 0 Å². The summed E-state index contributed by atoms with van der Waals surface area (Å²) in [6.45, 7) is 2.06. The summed E-state index contributed by atoms with van der Waals surface area (Å²) in [7, 11) is 0. The lowest BCUT2D eigenvalue weighted by Gasteiger charge is -2.13. The molecule has 0 unspecified atom stereocenters. The van der Waals surface area contributed by atoms with Crippen LogP contribution in [-0.4, -0.2) is 52.6 Å². The summed E-state index contributed by atoms with van der Waals surface area (Å²) in [5.41, 5.74) is 3.13. The molecule has 3 amide bonds. The monoisotopic (exact) mass is 467 g/mol. The minimum absolute atomic E-state index is 0.0489. The van der Waals surface area contributed by atoms with Crippen molar-refractivity contribution in [2.75, 3.05) is 19.9 Å². The third-order valence-corrected chi connectivity index (χ3v) is 6.76. The Kier molecular flexibility index (Phi) is 5.45. The fourth-order valence-electron chi connectivity index (χ4n) is 4.22. The van der Waals surface area contributed by atoms with Crippen LogP contribution in [-0.2, 0) is 11.2 Å². The van der Waals surface area contributed by atoms with E-state index in [-0.39, 0.29) is 31.6 Å². The molecule has 9 nitrogen and oxygen atoms in total. The number of imide groups is 1. The SMILES string of the molecule is Cc1c(C(=O)NCCN2C(=O)S/C(=C/c3ccc4c(c3)OCO4)C2=O)[nH]c2c1C(=O)CCC2. The number of hydrogen-bond acceptors (Lipinski definition) is 7. The molecule has 0 bridgehead atoms. The van der Waals surface area contributed by atoms with Gasteiger partial charge in [0.15, 0.2) is 17.3 Å². The number of nitrogens with zero attached hydrogens (tertiary/aromatic N) is 1. The number of thioether (sulfide) groups is 1. The Morgan fingerprint density at radius 1 is 1.21 bits per heavy atom. The van der Waals surface area contributed by atoms with E-state index in [1.165, 1.54) is 0 Å². The number of aromatic amines is 1. The van der Waals surface area contributed by atoms with Crippen molar-refractivity contribution in [3.05, 3.63) is 51.2 Å². The summed E-state index contributed by atoms with van der Waals surface area (Å²) in [6.07, 6.45) is 3.63. The minimum atomic E-state index is -0.408. The zero-order valence-corrected chi connectivity index (χ0v) is 18.7. The molecule has 1 aromatic carbocycles. The summed E-state index contributed by atoms with van der Waals surface area (Å²) in [6, 6.07) is 5.28. The van der Waals surface area contributed by atoms with Crippen LogP contribution in [0.2, 0.25) is 0 Å². The second kappa shape index (κ2) is 8.43. The second-order valence-electron chi connectivity index (χ2n) is 7.96.